The predicted molar refractivity (Wildman–Crippen MR) is 64.7 cm³/mol. The minimum atomic E-state index is -0.309. The summed E-state index contributed by atoms with van der Waals surface area (Å²) in [6.45, 7) is 0. The Morgan fingerprint density at radius 1 is 1.47 bits per heavy atom. The molecule has 1 saturated heterocycles. The van der Waals surface area contributed by atoms with Crippen molar-refractivity contribution in [2.45, 2.75) is 11.3 Å². The van der Waals surface area contributed by atoms with E-state index in [9.17, 15) is 4.39 Å². The van der Waals surface area contributed by atoms with Gasteiger partial charge in [0.15, 0.2) is 0 Å². The molecule has 0 radical (unpaired) electrons. The highest BCUT2D eigenvalue weighted by molar-refractivity contribution is 8.06. The molecule has 2 atom stereocenters. The van der Waals surface area contributed by atoms with Crippen LogP contribution in [0.4, 0.5) is 4.39 Å². The van der Waals surface area contributed by atoms with E-state index in [1.807, 2.05) is 23.5 Å². The van der Waals surface area contributed by atoms with Gasteiger partial charge in [0, 0.05) is 34.7 Å². The topological polar surface area (TPSA) is 38.9 Å². The van der Waals surface area contributed by atoms with Crippen LogP contribution in [0.15, 0.2) is 18.5 Å². The Morgan fingerprint density at radius 2 is 2.33 bits per heavy atom. The molecule has 0 bridgehead atoms. The quantitative estimate of drug-likeness (QED) is 0.864. The Balaban J connectivity index is 2.08. The third kappa shape index (κ3) is 2.86. The van der Waals surface area contributed by atoms with Crippen LogP contribution < -0.4 is 5.73 Å². The van der Waals surface area contributed by atoms with Gasteiger partial charge in [-0.1, -0.05) is 0 Å². The van der Waals surface area contributed by atoms with Crippen molar-refractivity contribution in [3.63, 3.8) is 0 Å². The van der Waals surface area contributed by atoms with E-state index in [-0.39, 0.29) is 11.9 Å². The number of halogens is 1. The van der Waals surface area contributed by atoms with Crippen molar-refractivity contribution in [2.24, 2.45) is 5.73 Å². The Morgan fingerprint density at radius 3 is 3.00 bits per heavy atom. The van der Waals surface area contributed by atoms with Crippen LogP contribution in [0, 0.1) is 5.82 Å². The number of aromatic nitrogens is 1. The molecular formula is C10H13FN2S2. The summed E-state index contributed by atoms with van der Waals surface area (Å²) in [4.78, 5) is 3.83. The van der Waals surface area contributed by atoms with Gasteiger partial charge < -0.3 is 5.73 Å². The van der Waals surface area contributed by atoms with Crippen LogP contribution >= 0.6 is 23.5 Å². The molecule has 0 amide bonds. The number of thioether (sulfide) groups is 2. The zero-order valence-corrected chi connectivity index (χ0v) is 9.86. The largest absolute Gasteiger partial charge is 0.323 e. The zero-order chi connectivity index (χ0) is 10.7. The number of hydrogen-bond donors (Lipinski definition) is 1. The van der Waals surface area contributed by atoms with E-state index >= 15 is 0 Å². The number of nitrogens with zero attached hydrogens (tertiary/aromatic N) is 1. The van der Waals surface area contributed by atoms with Crippen molar-refractivity contribution in [1.29, 1.82) is 0 Å². The lowest BCUT2D eigenvalue weighted by molar-refractivity contribution is 0.610. The van der Waals surface area contributed by atoms with Crippen LogP contribution in [0.5, 0.6) is 0 Å². The van der Waals surface area contributed by atoms with Crippen molar-refractivity contribution in [1.82, 2.24) is 4.98 Å². The van der Waals surface area contributed by atoms with Gasteiger partial charge in [0.05, 0.1) is 6.20 Å². The molecule has 1 aliphatic rings. The number of hydrogen-bond acceptors (Lipinski definition) is 4. The smallest absolute Gasteiger partial charge is 0.141 e. The fraction of sp³-hybridized carbons (Fsp3) is 0.500. The summed E-state index contributed by atoms with van der Waals surface area (Å²) in [7, 11) is 0. The lowest BCUT2D eigenvalue weighted by Gasteiger charge is -2.26. The first-order valence-electron chi connectivity index (χ1n) is 4.83. The van der Waals surface area contributed by atoms with E-state index < -0.39 is 0 Å². The second-order valence-corrected chi connectivity index (χ2v) is 5.94. The molecule has 0 saturated carbocycles. The summed E-state index contributed by atoms with van der Waals surface area (Å²) in [5.41, 5.74) is 6.90. The Labute approximate surface area is 97.2 Å². The van der Waals surface area contributed by atoms with Gasteiger partial charge in [-0.15, -0.1) is 0 Å². The molecule has 2 N–H and O–H groups in total. The first-order valence-corrected chi connectivity index (χ1v) is 7.03. The normalized spacial score (nSPS) is 23.7. The average molecular weight is 244 g/mol. The molecular weight excluding hydrogens is 231 g/mol. The summed E-state index contributed by atoms with van der Waals surface area (Å²) in [6.07, 6.45) is 2.87. The van der Waals surface area contributed by atoms with Crippen LogP contribution in [-0.2, 0) is 0 Å². The van der Waals surface area contributed by atoms with Gasteiger partial charge in [-0.25, -0.2) is 4.39 Å². The standard InChI is InChI=1S/C10H13FN2S2/c11-8-3-7(4-13-5-8)10(12)9-6-14-1-2-15-9/h3-5,9-10H,1-2,6,12H2. The van der Waals surface area contributed by atoms with Crippen molar-refractivity contribution < 1.29 is 4.39 Å². The maximum atomic E-state index is 13.0. The van der Waals surface area contributed by atoms with E-state index in [1.54, 1.807) is 6.20 Å². The zero-order valence-electron chi connectivity index (χ0n) is 8.23. The number of pyridine rings is 1. The van der Waals surface area contributed by atoms with Crippen LogP contribution in [0.25, 0.3) is 0 Å². The molecule has 15 heavy (non-hydrogen) atoms. The fourth-order valence-electron chi connectivity index (χ4n) is 1.54. The van der Waals surface area contributed by atoms with Crippen molar-refractivity contribution in [2.75, 3.05) is 17.3 Å². The van der Waals surface area contributed by atoms with Gasteiger partial charge >= 0.3 is 0 Å². The van der Waals surface area contributed by atoms with Crippen LogP contribution in [0.3, 0.4) is 0 Å². The monoisotopic (exact) mass is 244 g/mol. The van der Waals surface area contributed by atoms with Gasteiger partial charge in [-0.05, 0) is 11.6 Å². The lowest BCUT2D eigenvalue weighted by atomic mass is 10.1. The van der Waals surface area contributed by atoms with E-state index in [0.717, 1.165) is 17.1 Å². The van der Waals surface area contributed by atoms with Crippen molar-refractivity contribution in [3.8, 4) is 0 Å². The predicted octanol–water partition coefficient (Wildman–Crippen LogP) is 2.07. The van der Waals surface area contributed by atoms with Crippen molar-refractivity contribution in [3.05, 3.63) is 29.8 Å². The van der Waals surface area contributed by atoms with E-state index in [1.165, 1.54) is 18.0 Å². The molecule has 1 fully saturated rings. The van der Waals surface area contributed by atoms with Gasteiger partial charge in [-0.3, -0.25) is 4.98 Å². The molecule has 82 valence electrons. The highest BCUT2D eigenvalue weighted by Gasteiger charge is 2.23. The summed E-state index contributed by atoms with van der Waals surface area (Å²) in [5.74, 6) is 3.06. The third-order valence-electron chi connectivity index (χ3n) is 2.35. The maximum Gasteiger partial charge on any atom is 0.141 e. The molecule has 2 nitrogen and oxygen atoms in total. The Bertz CT molecular complexity index is 329. The van der Waals surface area contributed by atoms with E-state index in [0.29, 0.717) is 5.25 Å². The van der Waals surface area contributed by atoms with E-state index in [2.05, 4.69) is 4.98 Å². The third-order valence-corrected chi connectivity index (χ3v) is 5.24. The van der Waals surface area contributed by atoms with Crippen LogP contribution in [0.1, 0.15) is 11.6 Å². The summed E-state index contributed by atoms with van der Waals surface area (Å²) >= 11 is 3.79. The Hall–Kier alpha value is -0.260. The molecule has 1 aromatic heterocycles. The lowest BCUT2D eigenvalue weighted by Crippen LogP contribution is -2.28. The molecule has 2 rings (SSSR count). The molecule has 1 aromatic rings. The summed E-state index contributed by atoms with van der Waals surface area (Å²) < 4.78 is 13.0. The van der Waals surface area contributed by atoms with Gasteiger partial charge in [0.2, 0.25) is 0 Å². The second kappa shape index (κ2) is 5.18. The second-order valence-electron chi connectivity index (χ2n) is 3.45. The first-order chi connectivity index (χ1) is 7.27. The van der Waals surface area contributed by atoms with Crippen LogP contribution in [-0.4, -0.2) is 27.5 Å². The minimum absolute atomic E-state index is 0.106. The molecule has 0 aromatic carbocycles. The minimum Gasteiger partial charge on any atom is -0.323 e. The SMILES string of the molecule is NC(c1cncc(F)c1)C1CSCCS1. The van der Waals surface area contributed by atoms with Gasteiger partial charge in [-0.2, -0.15) is 23.5 Å². The number of rotatable bonds is 2. The van der Waals surface area contributed by atoms with Gasteiger partial charge in [0.1, 0.15) is 5.82 Å². The molecule has 5 heteroatoms. The maximum absolute atomic E-state index is 13.0. The summed E-state index contributed by atoms with van der Waals surface area (Å²) in [5, 5.41) is 0.382. The molecule has 0 spiro atoms. The first kappa shape index (κ1) is 11.2. The highest BCUT2D eigenvalue weighted by atomic mass is 32.2. The fourth-order valence-corrected chi connectivity index (χ4v) is 4.34. The van der Waals surface area contributed by atoms with Crippen LogP contribution in [0.2, 0.25) is 0 Å². The molecule has 2 heterocycles. The molecule has 2 unspecified atom stereocenters. The highest BCUT2D eigenvalue weighted by Crippen LogP contribution is 2.31. The number of nitrogens with two attached hydrogens (primary N) is 1. The average Bonchev–Trinajstić information content (AvgIpc) is 2.29. The Kier molecular flexibility index (Phi) is 3.88. The molecule has 0 aliphatic carbocycles. The summed E-state index contributed by atoms with van der Waals surface area (Å²) in [6, 6.07) is 1.38. The van der Waals surface area contributed by atoms with E-state index in [4.69, 9.17) is 5.73 Å². The van der Waals surface area contributed by atoms with Gasteiger partial charge in [0.25, 0.3) is 0 Å². The van der Waals surface area contributed by atoms with Crippen molar-refractivity contribution >= 4 is 23.5 Å². The molecule has 1 aliphatic heterocycles.